The molecule has 68 valence electrons. The van der Waals surface area contributed by atoms with Crippen molar-refractivity contribution >= 4 is 11.6 Å². The van der Waals surface area contributed by atoms with Crippen LogP contribution in [-0.2, 0) is 6.54 Å². The van der Waals surface area contributed by atoms with Gasteiger partial charge in [0.05, 0.1) is 0 Å². The van der Waals surface area contributed by atoms with E-state index >= 15 is 0 Å². The molecule has 0 radical (unpaired) electrons. The lowest BCUT2D eigenvalue weighted by atomic mass is 10.1. The van der Waals surface area contributed by atoms with E-state index in [1.54, 1.807) is 0 Å². The standard InChI is InChI=1S/C11H12ClN/c12-7-2-1-4-10-5-3-6-11(8-10)9-13/h3,5-6,8H,2,7,9,13H2. The maximum atomic E-state index is 5.50. The van der Waals surface area contributed by atoms with Gasteiger partial charge in [0, 0.05) is 24.4 Å². The van der Waals surface area contributed by atoms with E-state index in [1.807, 2.05) is 24.3 Å². The summed E-state index contributed by atoms with van der Waals surface area (Å²) in [5, 5.41) is 0. The topological polar surface area (TPSA) is 26.0 Å². The van der Waals surface area contributed by atoms with Crippen molar-refractivity contribution in [1.82, 2.24) is 0 Å². The Hall–Kier alpha value is -0.970. The Kier molecular flexibility index (Phi) is 4.39. The van der Waals surface area contributed by atoms with Gasteiger partial charge in [-0.15, -0.1) is 11.6 Å². The third-order valence-electron chi connectivity index (χ3n) is 1.61. The van der Waals surface area contributed by atoms with E-state index < -0.39 is 0 Å². The highest BCUT2D eigenvalue weighted by molar-refractivity contribution is 6.18. The monoisotopic (exact) mass is 193 g/mol. The van der Waals surface area contributed by atoms with Gasteiger partial charge >= 0.3 is 0 Å². The molecular formula is C11H12ClN. The van der Waals surface area contributed by atoms with Crippen LogP contribution in [0.2, 0.25) is 0 Å². The van der Waals surface area contributed by atoms with E-state index in [0.29, 0.717) is 12.4 Å². The van der Waals surface area contributed by atoms with Crippen LogP contribution in [0.1, 0.15) is 17.5 Å². The van der Waals surface area contributed by atoms with Crippen molar-refractivity contribution in [2.24, 2.45) is 5.73 Å². The van der Waals surface area contributed by atoms with Gasteiger partial charge in [-0.3, -0.25) is 0 Å². The maximum absolute atomic E-state index is 5.50. The molecule has 0 heterocycles. The zero-order chi connectivity index (χ0) is 9.52. The van der Waals surface area contributed by atoms with E-state index in [1.165, 1.54) is 0 Å². The highest BCUT2D eigenvalue weighted by atomic mass is 35.5. The largest absolute Gasteiger partial charge is 0.326 e. The number of halogens is 1. The molecule has 0 unspecified atom stereocenters. The molecule has 0 aliphatic rings. The van der Waals surface area contributed by atoms with Gasteiger partial charge in [-0.1, -0.05) is 24.0 Å². The summed E-state index contributed by atoms with van der Waals surface area (Å²) in [6, 6.07) is 7.93. The van der Waals surface area contributed by atoms with E-state index in [2.05, 4.69) is 11.8 Å². The molecule has 0 atom stereocenters. The minimum absolute atomic E-state index is 0.561. The summed E-state index contributed by atoms with van der Waals surface area (Å²) >= 11 is 5.50. The Morgan fingerprint density at radius 3 is 2.92 bits per heavy atom. The average molecular weight is 194 g/mol. The summed E-state index contributed by atoms with van der Waals surface area (Å²) < 4.78 is 0. The van der Waals surface area contributed by atoms with Gasteiger partial charge in [0.15, 0.2) is 0 Å². The summed E-state index contributed by atoms with van der Waals surface area (Å²) in [5.41, 5.74) is 7.62. The van der Waals surface area contributed by atoms with Gasteiger partial charge in [0.1, 0.15) is 0 Å². The molecule has 0 aromatic heterocycles. The molecule has 0 aliphatic heterocycles. The normalized spacial score (nSPS) is 9.08. The SMILES string of the molecule is NCc1cccc(C#CCCCl)c1. The van der Waals surface area contributed by atoms with Crippen LogP contribution < -0.4 is 5.73 Å². The van der Waals surface area contributed by atoms with Crippen LogP contribution in [0.3, 0.4) is 0 Å². The van der Waals surface area contributed by atoms with Gasteiger partial charge in [-0.25, -0.2) is 0 Å². The van der Waals surface area contributed by atoms with Crippen molar-refractivity contribution in [2.75, 3.05) is 5.88 Å². The summed E-state index contributed by atoms with van der Waals surface area (Å²) in [4.78, 5) is 0. The quantitative estimate of drug-likeness (QED) is 0.565. The molecule has 1 aromatic rings. The Labute approximate surface area is 83.9 Å². The molecule has 2 N–H and O–H groups in total. The van der Waals surface area contributed by atoms with Crippen molar-refractivity contribution < 1.29 is 0 Å². The summed E-state index contributed by atoms with van der Waals surface area (Å²) in [6.07, 6.45) is 0.731. The fraction of sp³-hybridized carbons (Fsp3) is 0.273. The Morgan fingerprint density at radius 2 is 2.23 bits per heavy atom. The molecule has 1 aromatic carbocycles. The number of alkyl halides is 1. The molecule has 0 spiro atoms. The van der Waals surface area contributed by atoms with E-state index in [0.717, 1.165) is 17.5 Å². The molecule has 2 heteroatoms. The molecule has 0 aliphatic carbocycles. The van der Waals surface area contributed by atoms with Crippen LogP contribution in [0.4, 0.5) is 0 Å². The van der Waals surface area contributed by atoms with E-state index in [4.69, 9.17) is 17.3 Å². The molecule has 1 rings (SSSR count). The zero-order valence-electron chi connectivity index (χ0n) is 7.39. The number of benzene rings is 1. The molecular weight excluding hydrogens is 182 g/mol. The first-order valence-electron chi connectivity index (χ1n) is 4.20. The van der Waals surface area contributed by atoms with Crippen LogP contribution in [0.15, 0.2) is 24.3 Å². The predicted octanol–water partition coefficient (Wildman–Crippen LogP) is 2.13. The van der Waals surface area contributed by atoms with Gasteiger partial charge in [-0.2, -0.15) is 0 Å². The fourth-order valence-electron chi connectivity index (χ4n) is 0.988. The summed E-state index contributed by atoms with van der Waals surface area (Å²) in [6.45, 7) is 0.561. The van der Waals surface area contributed by atoms with Gasteiger partial charge < -0.3 is 5.73 Å². The molecule has 0 saturated carbocycles. The van der Waals surface area contributed by atoms with Gasteiger partial charge in [-0.05, 0) is 17.7 Å². The third-order valence-corrected chi connectivity index (χ3v) is 1.80. The van der Waals surface area contributed by atoms with Crippen molar-refractivity contribution in [2.45, 2.75) is 13.0 Å². The van der Waals surface area contributed by atoms with Gasteiger partial charge in [0.2, 0.25) is 0 Å². The second kappa shape index (κ2) is 5.64. The Morgan fingerprint density at radius 1 is 1.38 bits per heavy atom. The summed E-state index contributed by atoms with van der Waals surface area (Å²) in [7, 11) is 0. The predicted molar refractivity (Wildman–Crippen MR) is 56.5 cm³/mol. The minimum Gasteiger partial charge on any atom is -0.326 e. The van der Waals surface area contributed by atoms with E-state index in [9.17, 15) is 0 Å². The van der Waals surface area contributed by atoms with E-state index in [-0.39, 0.29) is 0 Å². The lowest BCUT2D eigenvalue weighted by molar-refractivity contribution is 1.07. The summed E-state index contributed by atoms with van der Waals surface area (Å²) in [5.74, 6) is 6.60. The second-order valence-corrected chi connectivity index (χ2v) is 3.02. The van der Waals surface area contributed by atoms with Crippen LogP contribution >= 0.6 is 11.6 Å². The fourth-order valence-corrected chi connectivity index (χ4v) is 1.08. The van der Waals surface area contributed by atoms with Crippen molar-refractivity contribution in [3.8, 4) is 11.8 Å². The van der Waals surface area contributed by atoms with Crippen LogP contribution in [0.25, 0.3) is 0 Å². The average Bonchev–Trinajstić information content (AvgIpc) is 2.19. The van der Waals surface area contributed by atoms with Gasteiger partial charge in [0.25, 0.3) is 0 Å². The number of hydrogen-bond donors (Lipinski definition) is 1. The van der Waals surface area contributed by atoms with Crippen LogP contribution in [0.5, 0.6) is 0 Å². The van der Waals surface area contributed by atoms with Crippen molar-refractivity contribution in [3.63, 3.8) is 0 Å². The van der Waals surface area contributed by atoms with Crippen LogP contribution in [0, 0.1) is 11.8 Å². The van der Waals surface area contributed by atoms with Crippen molar-refractivity contribution in [1.29, 1.82) is 0 Å². The first-order chi connectivity index (χ1) is 6.36. The molecule has 0 amide bonds. The smallest absolute Gasteiger partial charge is 0.0333 e. The third kappa shape index (κ3) is 3.50. The number of hydrogen-bond acceptors (Lipinski definition) is 1. The first-order valence-corrected chi connectivity index (χ1v) is 4.74. The lowest BCUT2D eigenvalue weighted by Crippen LogP contribution is -1.95. The molecule has 0 saturated heterocycles. The highest BCUT2D eigenvalue weighted by Crippen LogP contribution is 2.02. The Balaban J connectivity index is 2.73. The minimum atomic E-state index is 0.561. The maximum Gasteiger partial charge on any atom is 0.0333 e. The second-order valence-electron chi connectivity index (χ2n) is 2.65. The van der Waals surface area contributed by atoms with Crippen LogP contribution in [-0.4, -0.2) is 5.88 Å². The molecule has 13 heavy (non-hydrogen) atoms. The first kappa shape index (κ1) is 10.1. The molecule has 0 fully saturated rings. The number of nitrogens with two attached hydrogens (primary N) is 1. The molecule has 0 bridgehead atoms. The zero-order valence-corrected chi connectivity index (χ0v) is 8.14. The Bertz CT molecular complexity index is 322. The lowest BCUT2D eigenvalue weighted by Gasteiger charge is -1.95. The number of rotatable bonds is 2. The van der Waals surface area contributed by atoms with Crippen molar-refractivity contribution in [3.05, 3.63) is 35.4 Å². The highest BCUT2D eigenvalue weighted by Gasteiger charge is 1.89. The molecule has 1 nitrogen and oxygen atoms in total.